The molecule has 0 aliphatic rings. The smallest absolute Gasteiger partial charge is 0.223 e. The van der Waals surface area contributed by atoms with Gasteiger partial charge >= 0.3 is 0 Å². The van der Waals surface area contributed by atoms with Crippen LogP contribution in [0.2, 0.25) is 0 Å². The van der Waals surface area contributed by atoms with Crippen molar-refractivity contribution >= 4 is 31.9 Å². The molecule has 1 aromatic carbocycles. The van der Waals surface area contributed by atoms with Crippen LogP contribution in [-0.4, -0.2) is 10.5 Å². The van der Waals surface area contributed by atoms with Crippen molar-refractivity contribution in [2.45, 2.75) is 32.9 Å². The fourth-order valence-corrected chi connectivity index (χ4v) is 2.45. The number of nitrogens with zero attached hydrogens (tertiary/aromatic N) is 1. The van der Waals surface area contributed by atoms with Crippen molar-refractivity contribution in [1.29, 1.82) is 0 Å². The summed E-state index contributed by atoms with van der Waals surface area (Å²) >= 11 is 6.90. The van der Waals surface area contributed by atoms with Gasteiger partial charge in [-0.3, -0.25) is 0 Å². The van der Waals surface area contributed by atoms with Crippen molar-refractivity contribution in [3.05, 3.63) is 51.0 Å². The Morgan fingerprint density at radius 1 is 1.14 bits per heavy atom. The molecule has 1 N–H and O–H groups in total. The van der Waals surface area contributed by atoms with E-state index < -0.39 is 0 Å². The topological polar surface area (TPSA) is 34.2 Å². The molecule has 0 saturated heterocycles. The highest BCUT2D eigenvalue weighted by Crippen LogP contribution is 2.27. The van der Waals surface area contributed by atoms with Crippen LogP contribution >= 0.6 is 31.9 Å². The molecule has 0 fully saturated rings. The molecule has 0 bridgehead atoms. The van der Waals surface area contributed by atoms with Gasteiger partial charge in [0.15, 0.2) is 0 Å². The van der Waals surface area contributed by atoms with Crippen LogP contribution in [0.1, 0.15) is 26.3 Å². The maximum absolute atomic E-state index is 5.91. The number of hydrogen-bond acceptors (Lipinski definition) is 3. The Hall–Kier alpha value is -0.910. The molecule has 0 saturated carbocycles. The van der Waals surface area contributed by atoms with Crippen molar-refractivity contribution in [2.75, 3.05) is 0 Å². The summed E-state index contributed by atoms with van der Waals surface area (Å²) in [6.07, 6.45) is 1.74. The molecular formula is C16H18Br2N2O. The minimum atomic E-state index is 0.0371. The van der Waals surface area contributed by atoms with Gasteiger partial charge in [0.05, 0.1) is 0 Å². The molecule has 0 atom stereocenters. The molecule has 5 heteroatoms. The van der Waals surface area contributed by atoms with E-state index >= 15 is 0 Å². The van der Waals surface area contributed by atoms with Crippen molar-refractivity contribution in [1.82, 2.24) is 10.3 Å². The molecule has 0 amide bonds. The van der Waals surface area contributed by atoms with Crippen LogP contribution in [0.4, 0.5) is 0 Å². The summed E-state index contributed by atoms with van der Waals surface area (Å²) in [5.41, 5.74) is 1.05. The summed E-state index contributed by atoms with van der Waals surface area (Å²) < 4.78 is 7.83. The Kier molecular flexibility index (Phi) is 5.41. The molecule has 2 rings (SSSR count). The van der Waals surface area contributed by atoms with Gasteiger partial charge in [-0.15, -0.1) is 0 Å². The second-order valence-electron chi connectivity index (χ2n) is 5.78. The second kappa shape index (κ2) is 6.90. The number of aromatic nitrogens is 1. The zero-order valence-electron chi connectivity index (χ0n) is 12.3. The highest BCUT2D eigenvalue weighted by molar-refractivity contribution is 9.10. The van der Waals surface area contributed by atoms with Crippen LogP contribution in [0.3, 0.4) is 0 Å². The number of nitrogens with one attached hydrogen (secondary N) is 1. The summed E-state index contributed by atoms with van der Waals surface area (Å²) in [6.45, 7) is 7.09. The zero-order chi connectivity index (χ0) is 15.5. The monoisotopic (exact) mass is 412 g/mol. The number of rotatable bonds is 4. The largest absolute Gasteiger partial charge is 0.439 e. The fourth-order valence-electron chi connectivity index (χ4n) is 1.69. The molecule has 0 radical (unpaired) electrons. The van der Waals surface area contributed by atoms with E-state index in [0.29, 0.717) is 12.4 Å². The fraction of sp³-hybridized carbons (Fsp3) is 0.312. The van der Waals surface area contributed by atoms with Gasteiger partial charge in [0.2, 0.25) is 5.88 Å². The summed E-state index contributed by atoms with van der Waals surface area (Å²) in [5, 5.41) is 3.45. The van der Waals surface area contributed by atoms with E-state index in [1.165, 1.54) is 0 Å². The molecule has 112 valence electrons. The van der Waals surface area contributed by atoms with E-state index in [0.717, 1.165) is 20.3 Å². The van der Waals surface area contributed by atoms with E-state index in [1.54, 1.807) is 6.20 Å². The first kappa shape index (κ1) is 16.5. The molecule has 1 heterocycles. The van der Waals surface area contributed by atoms with Crippen molar-refractivity contribution < 1.29 is 4.74 Å². The first-order valence-corrected chi connectivity index (χ1v) is 8.25. The zero-order valence-corrected chi connectivity index (χ0v) is 15.5. The van der Waals surface area contributed by atoms with E-state index in [4.69, 9.17) is 4.74 Å². The molecule has 21 heavy (non-hydrogen) atoms. The van der Waals surface area contributed by atoms with Crippen molar-refractivity contribution in [2.24, 2.45) is 0 Å². The summed E-state index contributed by atoms with van der Waals surface area (Å²) in [4.78, 5) is 4.38. The highest BCUT2D eigenvalue weighted by atomic mass is 79.9. The minimum absolute atomic E-state index is 0.0371. The van der Waals surface area contributed by atoms with Gasteiger partial charge in [-0.2, -0.15) is 0 Å². The third-order valence-electron chi connectivity index (χ3n) is 2.71. The van der Waals surface area contributed by atoms with Gasteiger partial charge < -0.3 is 10.1 Å². The van der Waals surface area contributed by atoms with Crippen LogP contribution in [0.15, 0.2) is 45.5 Å². The Balaban J connectivity index is 2.22. The van der Waals surface area contributed by atoms with E-state index in [-0.39, 0.29) is 5.54 Å². The normalized spacial score (nSPS) is 11.5. The summed E-state index contributed by atoms with van der Waals surface area (Å²) in [6, 6.07) is 9.76. The molecule has 3 nitrogen and oxygen atoms in total. The number of pyridine rings is 1. The lowest BCUT2D eigenvalue weighted by Gasteiger charge is -2.21. The van der Waals surface area contributed by atoms with Crippen molar-refractivity contribution in [3.63, 3.8) is 0 Å². The lowest BCUT2D eigenvalue weighted by atomic mass is 10.1. The third-order valence-corrected chi connectivity index (χ3v) is 3.64. The number of benzene rings is 1. The maximum Gasteiger partial charge on any atom is 0.223 e. The third kappa shape index (κ3) is 5.41. The highest BCUT2D eigenvalue weighted by Gasteiger charge is 2.13. The Morgan fingerprint density at radius 2 is 1.90 bits per heavy atom. The van der Waals surface area contributed by atoms with Crippen LogP contribution in [-0.2, 0) is 6.54 Å². The van der Waals surface area contributed by atoms with Crippen LogP contribution < -0.4 is 10.1 Å². The van der Waals surface area contributed by atoms with Crippen LogP contribution in [0, 0.1) is 0 Å². The Bertz CT molecular complexity index is 624. The van der Waals surface area contributed by atoms with Crippen molar-refractivity contribution in [3.8, 4) is 11.6 Å². The summed E-state index contributed by atoms with van der Waals surface area (Å²) in [5.74, 6) is 1.38. The summed E-state index contributed by atoms with van der Waals surface area (Å²) in [7, 11) is 0. The first-order valence-electron chi connectivity index (χ1n) is 6.66. The predicted molar refractivity (Wildman–Crippen MR) is 92.7 cm³/mol. The Morgan fingerprint density at radius 3 is 2.57 bits per heavy atom. The first-order chi connectivity index (χ1) is 9.83. The van der Waals surface area contributed by atoms with Crippen LogP contribution in [0.5, 0.6) is 11.6 Å². The Labute approximate surface area is 142 Å². The SMILES string of the molecule is CC(C)(C)NCc1cc(Br)cnc1Oc1cccc(Br)c1. The number of hydrogen-bond donors (Lipinski definition) is 1. The average Bonchev–Trinajstić information content (AvgIpc) is 2.38. The van der Waals surface area contributed by atoms with Gasteiger partial charge in [0.1, 0.15) is 5.75 Å². The molecule has 0 unspecified atom stereocenters. The lowest BCUT2D eigenvalue weighted by Crippen LogP contribution is -2.35. The van der Waals surface area contributed by atoms with E-state index in [9.17, 15) is 0 Å². The van der Waals surface area contributed by atoms with Gasteiger partial charge in [-0.25, -0.2) is 4.98 Å². The quantitative estimate of drug-likeness (QED) is 0.739. The van der Waals surface area contributed by atoms with Gasteiger partial charge in [-0.05, 0) is 61.0 Å². The van der Waals surface area contributed by atoms with E-state index in [2.05, 4.69) is 62.9 Å². The molecule has 0 aliphatic heterocycles. The standard InChI is InChI=1S/C16H18Br2N2O/c1-16(2,3)20-9-11-7-13(18)10-19-15(11)21-14-6-4-5-12(17)8-14/h4-8,10,20H,9H2,1-3H3. The van der Waals surface area contributed by atoms with Gasteiger partial charge in [-0.1, -0.05) is 22.0 Å². The number of halogens is 2. The molecule has 2 aromatic rings. The molecule has 0 aliphatic carbocycles. The maximum atomic E-state index is 5.91. The number of ether oxygens (including phenoxy) is 1. The molecular weight excluding hydrogens is 396 g/mol. The van der Waals surface area contributed by atoms with Crippen LogP contribution in [0.25, 0.3) is 0 Å². The lowest BCUT2D eigenvalue weighted by molar-refractivity contribution is 0.409. The molecule has 0 spiro atoms. The predicted octanol–water partition coefficient (Wildman–Crippen LogP) is 5.29. The van der Waals surface area contributed by atoms with Gasteiger partial charge in [0, 0.05) is 32.8 Å². The van der Waals surface area contributed by atoms with E-state index in [1.807, 2.05) is 30.3 Å². The average molecular weight is 414 g/mol. The minimum Gasteiger partial charge on any atom is -0.439 e. The molecule has 1 aromatic heterocycles. The second-order valence-corrected chi connectivity index (χ2v) is 7.61. The van der Waals surface area contributed by atoms with Gasteiger partial charge in [0.25, 0.3) is 0 Å².